The Labute approximate surface area is 166 Å². The van der Waals surface area contributed by atoms with Crippen molar-refractivity contribution in [3.8, 4) is 0 Å². The molecule has 0 bridgehead atoms. The minimum Gasteiger partial charge on any atom is -0.385 e. The molecule has 2 heterocycles. The van der Waals surface area contributed by atoms with E-state index < -0.39 is 0 Å². The van der Waals surface area contributed by atoms with Crippen molar-refractivity contribution in [1.82, 2.24) is 20.4 Å². The number of hydrogen-bond donors (Lipinski definition) is 1. The summed E-state index contributed by atoms with van der Waals surface area (Å²) in [5, 5.41) is 7.12. The molecule has 144 valence electrons. The van der Waals surface area contributed by atoms with Crippen molar-refractivity contribution in [2.24, 2.45) is 4.99 Å². The molecule has 0 unspecified atom stereocenters. The number of hydrogen-bond acceptors (Lipinski definition) is 6. The van der Waals surface area contributed by atoms with E-state index in [9.17, 15) is 0 Å². The van der Waals surface area contributed by atoms with Crippen molar-refractivity contribution in [1.29, 1.82) is 0 Å². The Morgan fingerprint density at radius 1 is 1.36 bits per heavy atom. The maximum Gasteiger partial charge on any atom is 0.248 e. The standard InChI is InChI=1S/C16H29N5O3.HI/c1-4-17-16(18-12-15-19-13(2)20-24-15)21-8-6-14(7-9-21)23-11-5-10-22-3;/h14H,4-12H2,1-3H3,(H,17,18);1H. The van der Waals surface area contributed by atoms with E-state index in [1.807, 2.05) is 0 Å². The van der Waals surface area contributed by atoms with Gasteiger partial charge in [-0.1, -0.05) is 5.16 Å². The van der Waals surface area contributed by atoms with Crippen LogP contribution in [0.15, 0.2) is 9.52 Å². The lowest BCUT2D eigenvalue weighted by molar-refractivity contribution is 0.00989. The molecule has 0 radical (unpaired) electrons. The van der Waals surface area contributed by atoms with Crippen LogP contribution in [0.25, 0.3) is 0 Å². The van der Waals surface area contributed by atoms with Gasteiger partial charge in [0.25, 0.3) is 0 Å². The highest BCUT2D eigenvalue weighted by atomic mass is 127. The number of ether oxygens (including phenoxy) is 2. The molecule has 8 nitrogen and oxygen atoms in total. The van der Waals surface area contributed by atoms with Crippen molar-refractivity contribution in [3.63, 3.8) is 0 Å². The zero-order valence-electron chi connectivity index (χ0n) is 15.4. The molecule has 2 rings (SSSR count). The van der Waals surface area contributed by atoms with Gasteiger partial charge in [0.1, 0.15) is 6.54 Å². The van der Waals surface area contributed by atoms with Gasteiger partial charge in [-0.15, -0.1) is 24.0 Å². The van der Waals surface area contributed by atoms with Crippen molar-refractivity contribution < 1.29 is 14.0 Å². The second-order valence-electron chi connectivity index (χ2n) is 5.81. The molecule has 1 saturated heterocycles. The number of guanidine groups is 1. The molecule has 1 aliphatic rings. The van der Waals surface area contributed by atoms with Gasteiger partial charge in [-0.25, -0.2) is 4.99 Å². The molecule has 25 heavy (non-hydrogen) atoms. The molecule has 1 aliphatic heterocycles. The van der Waals surface area contributed by atoms with Crippen LogP contribution in [0, 0.1) is 6.92 Å². The maximum atomic E-state index is 5.90. The Morgan fingerprint density at radius 2 is 2.12 bits per heavy atom. The van der Waals surface area contributed by atoms with E-state index in [0.717, 1.165) is 58.1 Å². The van der Waals surface area contributed by atoms with E-state index in [1.54, 1.807) is 14.0 Å². The Hall–Kier alpha value is -0.940. The van der Waals surface area contributed by atoms with Crippen LogP contribution in [0.4, 0.5) is 0 Å². The van der Waals surface area contributed by atoms with Gasteiger partial charge in [0.15, 0.2) is 11.8 Å². The van der Waals surface area contributed by atoms with Crippen LogP contribution in [-0.4, -0.2) is 67.1 Å². The van der Waals surface area contributed by atoms with Crippen LogP contribution >= 0.6 is 24.0 Å². The highest BCUT2D eigenvalue weighted by Gasteiger charge is 2.22. The topological polar surface area (TPSA) is 85.0 Å². The number of piperidine rings is 1. The first-order valence-corrected chi connectivity index (χ1v) is 8.66. The molecule has 0 aliphatic carbocycles. The van der Waals surface area contributed by atoms with Crippen LogP contribution in [0.2, 0.25) is 0 Å². The minimum atomic E-state index is 0. The van der Waals surface area contributed by atoms with Gasteiger partial charge in [-0.2, -0.15) is 4.98 Å². The summed E-state index contributed by atoms with van der Waals surface area (Å²) in [6.45, 7) is 8.49. The lowest BCUT2D eigenvalue weighted by atomic mass is 10.1. The number of rotatable bonds is 8. The van der Waals surface area contributed by atoms with Gasteiger partial charge in [0.2, 0.25) is 5.89 Å². The number of nitrogens with one attached hydrogen (secondary N) is 1. The van der Waals surface area contributed by atoms with Gasteiger partial charge in [0.05, 0.1) is 6.10 Å². The minimum absolute atomic E-state index is 0. The van der Waals surface area contributed by atoms with Crippen LogP contribution < -0.4 is 5.32 Å². The van der Waals surface area contributed by atoms with Gasteiger partial charge in [0, 0.05) is 40.0 Å². The first-order chi connectivity index (χ1) is 11.7. The number of methoxy groups -OCH3 is 1. The highest BCUT2D eigenvalue weighted by Crippen LogP contribution is 2.14. The third kappa shape index (κ3) is 7.87. The molecule has 9 heteroatoms. The molecule has 1 N–H and O–H groups in total. The van der Waals surface area contributed by atoms with Crippen LogP contribution in [0.3, 0.4) is 0 Å². The lowest BCUT2D eigenvalue weighted by Gasteiger charge is -2.34. The fourth-order valence-corrected chi connectivity index (χ4v) is 2.66. The van der Waals surface area contributed by atoms with Crippen molar-refractivity contribution in [3.05, 3.63) is 11.7 Å². The number of aryl methyl sites for hydroxylation is 1. The third-order valence-electron chi connectivity index (χ3n) is 3.86. The predicted molar refractivity (Wildman–Crippen MR) is 106 cm³/mol. The van der Waals surface area contributed by atoms with Crippen molar-refractivity contribution in [2.45, 2.75) is 45.8 Å². The molecule has 1 fully saturated rings. The number of nitrogens with zero attached hydrogens (tertiary/aromatic N) is 4. The van der Waals surface area contributed by atoms with E-state index in [-0.39, 0.29) is 24.0 Å². The van der Waals surface area contributed by atoms with Gasteiger partial charge < -0.3 is 24.2 Å². The summed E-state index contributed by atoms with van der Waals surface area (Å²) in [5.74, 6) is 2.07. The molecule has 1 aromatic heterocycles. The summed E-state index contributed by atoms with van der Waals surface area (Å²) in [7, 11) is 1.72. The molecular formula is C16H30IN5O3. The van der Waals surface area contributed by atoms with E-state index >= 15 is 0 Å². The van der Waals surface area contributed by atoms with E-state index in [1.165, 1.54) is 0 Å². The van der Waals surface area contributed by atoms with Crippen molar-refractivity contribution in [2.75, 3.05) is 40.0 Å². The summed E-state index contributed by atoms with van der Waals surface area (Å²) >= 11 is 0. The van der Waals surface area contributed by atoms with Crippen LogP contribution in [0.5, 0.6) is 0 Å². The molecule has 1 aromatic rings. The SMILES string of the molecule is CCNC(=NCc1nc(C)no1)N1CCC(OCCCOC)CC1.I. The average Bonchev–Trinajstić information content (AvgIpc) is 3.01. The Kier molecular flexibility index (Phi) is 11.0. The molecule has 0 amide bonds. The molecule has 0 aromatic carbocycles. The Balaban J connectivity index is 0.00000312. The average molecular weight is 467 g/mol. The Morgan fingerprint density at radius 3 is 2.72 bits per heavy atom. The monoisotopic (exact) mass is 467 g/mol. The fraction of sp³-hybridized carbons (Fsp3) is 0.812. The fourth-order valence-electron chi connectivity index (χ4n) is 2.66. The van der Waals surface area contributed by atoms with E-state index in [4.69, 9.17) is 14.0 Å². The molecular weight excluding hydrogens is 437 g/mol. The van der Waals surface area contributed by atoms with E-state index in [0.29, 0.717) is 24.4 Å². The van der Waals surface area contributed by atoms with Gasteiger partial charge in [-0.05, 0) is 33.1 Å². The zero-order valence-corrected chi connectivity index (χ0v) is 17.7. The number of halogens is 1. The predicted octanol–water partition coefficient (Wildman–Crippen LogP) is 1.98. The largest absolute Gasteiger partial charge is 0.385 e. The maximum absolute atomic E-state index is 5.90. The van der Waals surface area contributed by atoms with Gasteiger partial charge in [-0.3, -0.25) is 0 Å². The molecule has 0 atom stereocenters. The summed E-state index contributed by atoms with van der Waals surface area (Å²) in [6, 6.07) is 0. The summed E-state index contributed by atoms with van der Waals surface area (Å²) in [6.07, 6.45) is 3.30. The molecule has 0 spiro atoms. The van der Waals surface area contributed by atoms with Gasteiger partial charge >= 0.3 is 0 Å². The number of aliphatic imine (C=N–C) groups is 1. The van der Waals surface area contributed by atoms with Crippen molar-refractivity contribution >= 4 is 29.9 Å². The van der Waals surface area contributed by atoms with Crippen LogP contribution in [0.1, 0.15) is 37.9 Å². The normalized spacial score (nSPS) is 16.0. The lowest BCUT2D eigenvalue weighted by Crippen LogP contribution is -2.47. The first-order valence-electron chi connectivity index (χ1n) is 8.66. The second-order valence-corrected chi connectivity index (χ2v) is 5.81. The Bertz CT molecular complexity index is 504. The third-order valence-corrected chi connectivity index (χ3v) is 3.86. The summed E-state index contributed by atoms with van der Waals surface area (Å²) in [5.41, 5.74) is 0. The van der Waals surface area contributed by atoms with Crippen LogP contribution in [-0.2, 0) is 16.0 Å². The quantitative estimate of drug-likeness (QED) is 0.271. The highest BCUT2D eigenvalue weighted by molar-refractivity contribution is 14.0. The first kappa shape index (κ1) is 22.1. The zero-order chi connectivity index (χ0) is 17.2. The van der Waals surface area contributed by atoms with E-state index in [2.05, 4.69) is 32.3 Å². The number of aromatic nitrogens is 2. The number of likely N-dealkylation sites (tertiary alicyclic amines) is 1. The molecule has 0 saturated carbocycles. The second kappa shape index (κ2) is 12.4. The smallest absolute Gasteiger partial charge is 0.248 e. The summed E-state index contributed by atoms with van der Waals surface area (Å²) < 4.78 is 16.1. The summed E-state index contributed by atoms with van der Waals surface area (Å²) in [4.78, 5) is 11.1.